The van der Waals surface area contributed by atoms with Crippen LogP contribution in [0.2, 0.25) is 0 Å². The first-order valence-electron chi connectivity index (χ1n) is 9.63. The van der Waals surface area contributed by atoms with Gasteiger partial charge in [-0.25, -0.2) is 0 Å². The summed E-state index contributed by atoms with van der Waals surface area (Å²) in [6, 6.07) is 0.745. The summed E-state index contributed by atoms with van der Waals surface area (Å²) >= 11 is 0. The fourth-order valence-electron chi connectivity index (χ4n) is 4.40. The second-order valence-electron chi connectivity index (χ2n) is 7.73. The summed E-state index contributed by atoms with van der Waals surface area (Å²) in [4.78, 5) is 5.43. The predicted octanol–water partition coefficient (Wildman–Crippen LogP) is 4.40. The molecule has 1 saturated carbocycles. The van der Waals surface area contributed by atoms with E-state index in [0.29, 0.717) is 0 Å². The van der Waals surface area contributed by atoms with Gasteiger partial charge in [0.05, 0.1) is 0 Å². The van der Waals surface area contributed by atoms with E-state index in [2.05, 4.69) is 23.6 Å². The summed E-state index contributed by atoms with van der Waals surface area (Å²) in [5.41, 5.74) is 0.817. The predicted molar refractivity (Wildman–Crippen MR) is 92.7 cm³/mol. The van der Waals surface area contributed by atoms with Gasteiger partial charge in [-0.1, -0.05) is 20.3 Å². The highest BCUT2D eigenvalue weighted by Gasteiger charge is 2.39. The molecule has 2 heterocycles. The molecule has 2 nitrogen and oxygen atoms in total. The molecular formula is C19H38N2. The fourth-order valence-corrected chi connectivity index (χ4v) is 4.40. The van der Waals surface area contributed by atoms with E-state index < -0.39 is 0 Å². The normalized spacial score (nSPS) is 27.3. The Balaban J connectivity index is 0.000000774. The molecular weight excluding hydrogens is 256 g/mol. The fraction of sp³-hybridized carbons (Fsp3) is 1.00. The van der Waals surface area contributed by atoms with Gasteiger partial charge in [-0.2, -0.15) is 0 Å². The lowest BCUT2D eigenvalue weighted by Gasteiger charge is -2.49. The molecule has 21 heavy (non-hydrogen) atoms. The van der Waals surface area contributed by atoms with Crippen molar-refractivity contribution < 1.29 is 0 Å². The summed E-state index contributed by atoms with van der Waals surface area (Å²) < 4.78 is 0. The maximum absolute atomic E-state index is 2.78. The summed E-state index contributed by atoms with van der Waals surface area (Å²) in [5, 5.41) is 0. The van der Waals surface area contributed by atoms with Gasteiger partial charge in [0.25, 0.3) is 0 Å². The highest BCUT2D eigenvalue weighted by Crippen LogP contribution is 2.48. The second kappa shape index (κ2) is 7.97. The van der Waals surface area contributed by atoms with Crippen LogP contribution in [0.3, 0.4) is 0 Å². The zero-order valence-corrected chi connectivity index (χ0v) is 15.0. The summed E-state index contributed by atoms with van der Waals surface area (Å²) in [7, 11) is 0. The molecule has 2 aliphatic heterocycles. The number of piperidine rings is 2. The van der Waals surface area contributed by atoms with Crippen molar-refractivity contribution in [1.29, 1.82) is 0 Å². The van der Waals surface area contributed by atoms with Crippen LogP contribution in [0.1, 0.15) is 72.6 Å². The summed E-state index contributed by atoms with van der Waals surface area (Å²) in [5.74, 6) is 0.977. The molecule has 2 saturated heterocycles. The SMILES string of the molecule is CC.CC(C)N1CCC(CN2CCC3(CCC3)CC2)CC1. The first kappa shape index (κ1) is 17.3. The van der Waals surface area contributed by atoms with Gasteiger partial charge >= 0.3 is 0 Å². The third-order valence-electron chi connectivity index (χ3n) is 6.23. The molecule has 0 amide bonds. The van der Waals surface area contributed by atoms with E-state index in [9.17, 15) is 0 Å². The third kappa shape index (κ3) is 4.45. The van der Waals surface area contributed by atoms with Crippen molar-refractivity contribution in [1.82, 2.24) is 9.80 Å². The Bertz CT molecular complexity index is 278. The molecule has 0 radical (unpaired) electrons. The summed E-state index contributed by atoms with van der Waals surface area (Å²) in [6.45, 7) is 15.5. The number of likely N-dealkylation sites (tertiary alicyclic amines) is 2. The topological polar surface area (TPSA) is 6.48 Å². The van der Waals surface area contributed by atoms with E-state index in [1.807, 2.05) is 13.8 Å². The Morgan fingerprint density at radius 3 is 1.90 bits per heavy atom. The Labute approximate surface area is 133 Å². The molecule has 0 aromatic rings. The quantitative estimate of drug-likeness (QED) is 0.761. The van der Waals surface area contributed by atoms with Crippen molar-refractivity contribution in [2.45, 2.75) is 78.7 Å². The molecule has 0 unspecified atom stereocenters. The Hall–Kier alpha value is -0.0800. The monoisotopic (exact) mass is 294 g/mol. The zero-order valence-electron chi connectivity index (χ0n) is 15.0. The standard InChI is InChI=1S/C17H32N2.C2H6/c1-15(2)19-10-4-16(5-11-19)14-18-12-8-17(9-13-18)6-3-7-17;1-2/h15-16H,3-14H2,1-2H3;1-2H3. The van der Waals surface area contributed by atoms with Gasteiger partial charge in [0.2, 0.25) is 0 Å². The molecule has 124 valence electrons. The van der Waals surface area contributed by atoms with E-state index in [0.717, 1.165) is 17.4 Å². The van der Waals surface area contributed by atoms with Gasteiger partial charge in [-0.15, -0.1) is 0 Å². The minimum atomic E-state index is 0.745. The van der Waals surface area contributed by atoms with E-state index in [-0.39, 0.29) is 0 Å². The van der Waals surface area contributed by atoms with E-state index in [1.54, 1.807) is 0 Å². The molecule has 0 N–H and O–H groups in total. The Morgan fingerprint density at radius 2 is 1.48 bits per heavy atom. The van der Waals surface area contributed by atoms with Gasteiger partial charge in [-0.3, -0.25) is 0 Å². The lowest BCUT2D eigenvalue weighted by atomic mass is 9.63. The van der Waals surface area contributed by atoms with Gasteiger partial charge in [0.1, 0.15) is 0 Å². The van der Waals surface area contributed by atoms with Crippen LogP contribution >= 0.6 is 0 Å². The molecule has 0 atom stereocenters. The number of rotatable bonds is 3. The van der Waals surface area contributed by atoms with Crippen molar-refractivity contribution in [2.24, 2.45) is 11.3 Å². The van der Waals surface area contributed by atoms with E-state index >= 15 is 0 Å². The molecule has 3 fully saturated rings. The van der Waals surface area contributed by atoms with Crippen molar-refractivity contribution in [3.63, 3.8) is 0 Å². The van der Waals surface area contributed by atoms with Gasteiger partial charge in [-0.05, 0) is 89.9 Å². The average molecular weight is 295 g/mol. The van der Waals surface area contributed by atoms with Crippen molar-refractivity contribution >= 4 is 0 Å². The number of nitrogens with zero attached hydrogens (tertiary/aromatic N) is 2. The third-order valence-corrected chi connectivity index (χ3v) is 6.23. The van der Waals surface area contributed by atoms with Crippen LogP contribution < -0.4 is 0 Å². The smallest absolute Gasteiger partial charge is 0.00385 e. The summed E-state index contributed by atoms with van der Waals surface area (Å²) in [6.07, 6.45) is 10.4. The molecule has 3 aliphatic rings. The molecule has 3 rings (SSSR count). The largest absolute Gasteiger partial charge is 0.303 e. The van der Waals surface area contributed by atoms with Crippen LogP contribution in [0.5, 0.6) is 0 Å². The van der Waals surface area contributed by atoms with Crippen LogP contribution in [-0.2, 0) is 0 Å². The molecule has 1 spiro atoms. The maximum atomic E-state index is 2.78. The van der Waals surface area contributed by atoms with Crippen LogP contribution in [0.25, 0.3) is 0 Å². The van der Waals surface area contributed by atoms with Crippen LogP contribution in [-0.4, -0.2) is 48.6 Å². The van der Waals surface area contributed by atoms with Crippen LogP contribution in [0.4, 0.5) is 0 Å². The van der Waals surface area contributed by atoms with Crippen LogP contribution in [0.15, 0.2) is 0 Å². The number of hydrogen-bond donors (Lipinski definition) is 0. The lowest BCUT2D eigenvalue weighted by molar-refractivity contribution is 0.0215. The maximum Gasteiger partial charge on any atom is 0.00385 e. The molecule has 2 heteroatoms. The average Bonchev–Trinajstić information content (AvgIpc) is 2.49. The molecule has 0 aromatic heterocycles. The molecule has 1 aliphatic carbocycles. The lowest BCUT2D eigenvalue weighted by Crippen LogP contribution is -2.46. The Kier molecular flexibility index (Phi) is 6.55. The minimum Gasteiger partial charge on any atom is -0.303 e. The molecule has 0 bridgehead atoms. The van der Waals surface area contributed by atoms with Gasteiger partial charge in [0, 0.05) is 12.6 Å². The Morgan fingerprint density at radius 1 is 0.905 bits per heavy atom. The van der Waals surface area contributed by atoms with Gasteiger partial charge < -0.3 is 9.80 Å². The number of hydrogen-bond acceptors (Lipinski definition) is 2. The first-order chi connectivity index (χ1) is 10.2. The second-order valence-corrected chi connectivity index (χ2v) is 7.73. The van der Waals surface area contributed by atoms with Crippen molar-refractivity contribution in [2.75, 3.05) is 32.7 Å². The highest BCUT2D eigenvalue weighted by molar-refractivity contribution is 4.92. The first-order valence-corrected chi connectivity index (χ1v) is 9.63. The van der Waals surface area contributed by atoms with E-state index in [1.165, 1.54) is 77.7 Å². The van der Waals surface area contributed by atoms with Crippen molar-refractivity contribution in [3.8, 4) is 0 Å². The minimum absolute atomic E-state index is 0.745. The van der Waals surface area contributed by atoms with Crippen LogP contribution in [0, 0.1) is 11.3 Å². The highest BCUT2D eigenvalue weighted by atomic mass is 15.2. The molecule has 0 aromatic carbocycles. The van der Waals surface area contributed by atoms with Gasteiger partial charge in [0.15, 0.2) is 0 Å². The van der Waals surface area contributed by atoms with Crippen molar-refractivity contribution in [3.05, 3.63) is 0 Å². The zero-order chi connectivity index (χ0) is 15.3. The van der Waals surface area contributed by atoms with E-state index in [4.69, 9.17) is 0 Å².